The van der Waals surface area contributed by atoms with Crippen LogP contribution in [-0.2, 0) is 42.1 Å². The zero-order chi connectivity index (χ0) is 32.5. The van der Waals surface area contributed by atoms with Crippen LogP contribution in [0.5, 0.6) is 11.8 Å². The minimum Gasteiger partial charge on any atom is -0.502 e. The van der Waals surface area contributed by atoms with Crippen molar-refractivity contribution in [2.45, 2.75) is 13.8 Å². The smallest absolute Gasteiger partial charge is 0.502 e. The number of nitrogens with zero attached hydrogens (tertiary/aromatic N) is 8. The molecule has 252 valence electrons. The summed E-state index contributed by atoms with van der Waals surface area (Å²) in [7, 11) is 4.04. The van der Waals surface area contributed by atoms with Crippen LogP contribution in [0.4, 0.5) is 33.0 Å². The number of thiophene rings is 2. The first-order valence-corrected chi connectivity index (χ1v) is 15.9. The minimum absolute atomic E-state index is 0. The standard InChI is InChI=1S/2C11H9N3S.2C6H7NO.2Pt/c2*1-13-8-14(10-5-3-7-15-10)11-9(13)4-2-6-12-11;2*1-5-3-2-4-6(8)7-5;;/h2*2-4,6-8H,1H3;2*2-4H,1H3,(H,7,8);;/q2*-2;;;2*+2. The molecule has 0 radical (unpaired) electrons. The maximum absolute atomic E-state index is 8.70. The SMILES string of the molecule is CN1[CH-]N(c2[c-]ccs2)c2ncccc21.CN1[CH-]N(c2[c-]ccs2)c2ncccc21.Cc1cccc(O)n1.Cc1cccc(O)n1.[Pt+2].[Pt+2]. The average Bonchev–Trinajstić information content (AvgIpc) is 3.87. The van der Waals surface area contributed by atoms with Crippen molar-refractivity contribution in [2.75, 3.05) is 33.7 Å². The molecule has 0 fully saturated rings. The Morgan fingerprint density at radius 1 is 0.625 bits per heavy atom. The van der Waals surface area contributed by atoms with E-state index in [0.29, 0.717) is 0 Å². The molecule has 48 heavy (non-hydrogen) atoms. The Bertz CT molecular complexity index is 1660. The van der Waals surface area contributed by atoms with Crippen molar-refractivity contribution in [2.24, 2.45) is 0 Å². The maximum atomic E-state index is 8.70. The van der Waals surface area contributed by atoms with Gasteiger partial charge in [0.1, 0.15) is 11.6 Å². The van der Waals surface area contributed by atoms with E-state index in [-0.39, 0.29) is 53.9 Å². The summed E-state index contributed by atoms with van der Waals surface area (Å²) in [5, 5.41) is 23.6. The maximum Gasteiger partial charge on any atom is 2.00 e. The Morgan fingerprint density at radius 2 is 1.04 bits per heavy atom. The van der Waals surface area contributed by atoms with Gasteiger partial charge in [0.25, 0.3) is 0 Å². The van der Waals surface area contributed by atoms with Gasteiger partial charge in [-0.05, 0) is 74.3 Å². The normalized spacial score (nSPS) is 12.1. The quantitative estimate of drug-likeness (QED) is 0.170. The molecule has 2 aliphatic heterocycles. The predicted molar refractivity (Wildman–Crippen MR) is 186 cm³/mol. The van der Waals surface area contributed by atoms with Crippen LogP contribution in [0.2, 0.25) is 0 Å². The Kier molecular flexibility index (Phi) is 15.0. The molecule has 0 saturated carbocycles. The summed E-state index contributed by atoms with van der Waals surface area (Å²) < 4.78 is 0. The number of hydrogen-bond acceptors (Lipinski definition) is 12. The van der Waals surface area contributed by atoms with Crippen molar-refractivity contribution in [3.05, 3.63) is 133 Å². The number of hydrogen-bond donors (Lipinski definition) is 2. The fourth-order valence-corrected chi connectivity index (χ4v) is 5.66. The summed E-state index contributed by atoms with van der Waals surface area (Å²) in [6, 6.07) is 28.5. The van der Waals surface area contributed by atoms with Gasteiger partial charge < -0.3 is 29.8 Å². The molecule has 0 spiro atoms. The third-order valence-corrected chi connectivity index (χ3v) is 8.04. The minimum atomic E-state index is 0. The van der Waals surface area contributed by atoms with Crippen LogP contribution in [0.1, 0.15) is 11.4 Å². The molecule has 0 saturated heterocycles. The molecule has 14 heteroatoms. The first-order valence-electron chi connectivity index (χ1n) is 14.1. The molecule has 6 aromatic heterocycles. The summed E-state index contributed by atoms with van der Waals surface area (Å²) in [5.41, 5.74) is 3.92. The van der Waals surface area contributed by atoms with E-state index in [1.807, 2.05) is 101 Å². The summed E-state index contributed by atoms with van der Waals surface area (Å²) in [6.07, 6.45) is 3.62. The molecule has 0 unspecified atom stereocenters. The van der Waals surface area contributed by atoms with E-state index in [1.54, 1.807) is 46.9 Å². The fraction of sp³-hybridized carbons (Fsp3) is 0.118. The number of anilines is 6. The van der Waals surface area contributed by atoms with Crippen LogP contribution in [0.15, 0.2) is 96.0 Å². The summed E-state index contributed by atoms with van der Waals surface area (Å²) in [4.78, 5) is 24.5. The zero-order valence-corrected chi connectivity index (χ0v) is 32.5. The molecule has 0 aromatic carbocycles. The van der Waals surface area contributed by atoms with Gasteiger partial charge in [0.05, 0.1) is 0 Å². The molecular weight excluding hydrogens is 1010 g/mol. The Labute approximate surface area is 317 Å². The van der Waals surface area contributed by atoms with E-state index in [2.05, 4.69) is 63.8 Å². The molecule has 0 amide bonds. The third kappa shape index (κ3) is 10.1. The number of fused-ring (bicyclic) bond motifs is 2. The molecule has 0 atom stereocenters. The van der Waals surface area contributed by atoms with Gasteiger partial charge in [-0.25, -0.2) is 44.2 Å². The van der Waals surface area contributed by atoms with Gasteiger partial charge in [-0.15, -0.1) is 13.3 Å². The van der Waals surface area contributed by atoms with Gasteiger partial charge in [-0.1, -0.05) is 12.1 Å². The van der Waals surface area contributed by atoms with Crippen molar-refractivity contribution >= 4 is 55.7 Å². The molecule has 6 aromatic rings. The second-order valence-electron chi connectivity index (χ2n) is 9.90. The largest absolute Gasteiger partial charge is 2.00 e. The topological polar surface area (TPSA) is 105 Å². The van der Waals surface area contributed by atoms with Crippen molar-refractivity contribution in [3.8, 4) is 11.8 Å². The van der Waals surface area contributed by atoms with Crippen LogP contribution in [-0.4, -0.2) is 44.2 Å². The van der Waals surface area contributed by atoms with Crippen LogP contribution in [0, 0.1) is 39.3 Å². The second-order valence-corrected chi connectivity index (χ2v) is 11.7. The number of aromatic nitrogens is 4. The van der Waals surface area contributed by atoms with Crippen LogP contribution in [0.25, 0.3) is 0 Å². The van der Waals surface area contributed by atoms with Gasteiger partial charge in [0.2, 0.25) is 11.8 Å². The zero-order valence-electron chi connectivity index (χ0n) is 26.3. The molecule has 8 heterocycles. The number of aromatic hydroxyl groups is 2. The van der Waals surface area contributed by atoms with E-state index in [1.165, 1.54) is 0 Å². The molecule has 2 aliphatic rings. The van der Waals surface area contributed by atoms with Crippen LogP contribution >= 0.6 is 22.7 Å². The first kappa shape index (κ1) is 38.6. The van der Waals surface area contributed by atoms with Crippen molar-refractivity contribution in [1.29, 1.82) is 0 Å². The molecular formula is C34H32N8O2Pt2S2. The van der Waals surface area contributed by atoms with Crippen molar-refractivity contribution < 1.29 is 52.3 Å². The Morgan fingerprint density at radius 3 is 1.35 bits per heavy atom. The van der Waals surface area contributed by atoms with Crippen LogP contribution < -0.4 is 19.6 Å². The van der Waals surface area contributed by atoms with Gasteiger partial charge in [0.15, 0.2) is 0 Å². The second kappa shape index (κ2) is 18.6. The average molecular weight is 1040 g/mol. The molecule has 10 nitrogen and oxygen atoms in total. The van der Waals surface area contributed by atoms with Crippen molar-refractivity contribution in [1.82, 2.24) is 19.9 Å². The monoisotopic (exact) mass is 1040 g/mol. The van der Waals surface area contributed by atoms with E-state index in [9.17, 15) is 0 Å². The summed E-state index contributed by atoms with van der Waals surface area (Å²) in [5.74, 6) is 2.12. The third-order valence-electron chi connectivity index (χ3n) is 6.42. The number of pyridine rings is 4. The predicted octanol–water partition coefficient (Wildman–Crippen LogP) is 7.49. The first-order chi connectivity index (χ1) is 22.3. The fourth-order valence-electron chi connectivity index (χ4n) is 4.36. The molecule has 2 N–H and O–H groups in total. The van der Waals surface area contributed by atoms with Gasteiger partial charge in [-0.2, -0.15) is 10.8 Å². The van der Waals surface area contributed by atoms with E-state index < -0.39 is 0 Å². The molecule has 0 aliphatic carbocycles. The number of aryl methyl sites for hydroxylation is 2. The van der Waals surface area contributed by atoms with E-state index >= 15 is 0 Å². The number of rotatable bonds is 2. The van der Waals surface area contributed by atoms with Crippen LogP contribution in [0.3, 0.4) is 0 Å². The Hall–Kier alpha value is -3.82. The van der Waals surface area contributed by atoms with Gasteiger partial charge >= 0.3 is 42.1 Å². The summed E-state index contributed by atoms with van der Waals surface area (Å²) in [6.45, 7) is 7.72. The van der Waals surface area contributed by atoms with E-state index in [0.717, 1.165) is 44.4 Å². The Balaban J connectivity index is 0.000000179. The van der Waals surface area contributed by atoms with Crippen molar-refractivity contribution in [3.63, 3.8) is 0 Å². The van der Waals surface area contributed by atoms with Gasteiger partial charge in [-0.3, -0.25) is 22.7 Å². The summed E-state index contributed by atoms with van der Waals surface area (Å²) >= 11 is 3.32. The molecule has 0 bridgehead atoms. The van der Waals surface area contributed by atoms with Gasteiger partial charge in [0, 0.05) is 47.3 Å². The molecule has 8 rings (SSSR count). The van der Waals surface area contributed by atoms with E-state index in [4.69, 9.17) is 10.2 Å².